The topological polar surface area (TPSA) is 33.1 Å². The summed E-state index contributed by atoms with van der Waals surface area (Å²) in [6, 6.07) is 4.77. The Hall–Kier alpha value is -0.970. The summed E-state index contributed by atoms with van der Waals surface area (Å²) in [5.41, 5.74) is 0.904. The standard InChI is InChI=1S/C10H7ClFNOS/c11-8-3-1-2-7(9(8)12)10-13-6(4-14)5-15-10/h1-3,5,14H,4H2. The molecule has 1 N–H and O–H groups in total. The van der Waals surface area contributed by atoms with Crippen LogP contribution in [0.5, 0.6) is 0 Å². The number of hydrogen-bond donors (Lipinski definition) is 1. The molecule has 2 rings (SSSR count). The Morgan fingerprint density at radius 3 is 2.93 bits per heavy atom. The molecule has 5 heteroatoms. The Kier molecular flexibility index (Phi) is 3.00. The molecule has 15 heavy (non-hydrogen) atoms. The second-order valence-electron chi connectivity index (χ2n) is 2.90. The van der Waals surface area contributed by atoms with Gasteiger partial charge in [-0.2, -0.15) is 0 Å². The number of thiazole rings is 1. The van der Waals surface area contributed by atoms with Gasteiger partial charge in [-0.3, -0.25) is 0 Å². The van der Waals surface area contributed by atoms with Gasteiger partial charge in [-0.25, -0.2) is 9.37 Å². The predicted molar refractivity (Wildman–Crippen MR) is 58.4 cm³/mol. The average molecular weight is 244 g/mol. The summed E-state index contributed by atoms with van der Waals surface area (Å²) in [5, 5.41) is 11.1. The number of benzene rings is 1. The van der Waals surface area contributed by atoms with Crippen molar-refractivity contribution in [1.29, 1.82) is 0 Å². The third kappa shape index (κ3) is 2.02. The first-order valence-corrected chi connectivity index (χ1v) is 5.48. The molecule has 0 saturated carbocycles. The highest BCUT2D eigenvalue weighted by molar-refractivity contribution is 7.13. The Bertz CT molecular complexity index is 486. The van der Waals surface area contributed by atoms with Crippen LogP contribution in [-0.4, -0.2) is 10.1 Å². The van der Waals surface area contributed by atoms with Crippen molar-refractivity contribution in [3.05, 3.63) is 40.1 Å². The van der Waals surface area contributed by atoms with E-state index in [9.17, 15) is 4.39 Å². The number of aliphatic hydroxyl groups is 1. The van der Waals surface area contributed by atoms with Crippen LogP contribution >= 0.6 is 22.9 Å². The number of nitrogens with zero attached hydrogens (tertiary/aromatic N) is 1. The number of hydrogen-bond acceptors (Lipinski definition) is 3. The average Bonchev–Trinajstić information content (AvgIpc) is 2.70. The summed E-state index contributed by atoms with van der Waals surface area (Å²) in [6.07, 6.45) is 0. The molecule has 0 aliphatic rings. The number of halogens is 2. The van der Waals surface area contributed by atoms with E-state index in [1.165, 1.54) is 17.4 Å². The van der Waals surface area contributed by atoms with Gasteiger partial charge in [0.2, 0.25) is 0 Å². The summed E-state index contributed by atoms with van der Waals surface area (Å²) in [7, 11) is 0. The van der Waals surface area contributed by atoms with E-state index >= 15 is 0 Å². The Balaban J connectivity index is 2.49. The van der Waals surface area contributed by atoms with Gasteiger partial charge in [0.25, 0.3) is 0 Å². The van der Waals surface area contributed by atoms with Crippen LogP contribution < -0.4 is 0 Å². The molecule has 0 radical (unpaired) electrons. The van der Waals surface area contributed by atoms with Crippen molar-refractivity contribution in [2.75, 3.05) is 0 Å². The summed E-state index contributed by atoms with van der Waals surface area (Å²) in [6.45, 7) is -0.140. The number of aromatic nitrogens is 1. The molecule has 1 aromatic heterocycles. The zero-order valence-corrected chi connectivity index (χ0v) is 9.15. The summed E-state index contributed by atoms with van der Waals surface area (Å²) < 4.78 is 13.6. The van der Waals surface area contributed by atoms with Crippen LogP contribution in [0, 0.1) is 5.82 Å². The third-order valence-electron chi connectivity index (χ3n) is 1.90. The first-order valence-electron chi connectivity index (χ1n) is 4.22. The smallest absolute Gasteiger partial charge is 0.152 e. The van der Waals surface area contributed by atoms with Crippen molar-refractivity contribution < 1.29 is 9.50 Å². The molecule has 0 bridgehead atoms. The van der Waals surface area contributed by atoms with Gasteiger partial charge < -0.3 is 5.11 Å². The molecule has 0 fully saturated rings. The molecule has 2 nitrogen and oxygen atoms in total. The molecular weight excluding hydrogens is 237 g/mol. The zero-order valence-electron chi connectivity index (χ0n) is 7.58. The van der Waals surface area contributed by atoms with E-state index in [-0.39, 0.29) is 11.6 Å². The fourth-order valence-corrected chi connectivity index (χ4v) is 2.18. The van der Waals surface area contributed by atoms with Crippen LogP contribution in [-0.2, 0) is 6.61 Å². The summed E-state index contributed by atoms with van der Waals surface area (Å²) in [4.78, 5) is 4.07. The Morgan fingerprint density at radius 1 is 1.47 bits per heavy atom. The second kappa shape index (κ2) is 4.26. The van der Waals surface area contributed by atoms with E-state index in [0.717, 1.165) is 0 Å². The number of aliphatic hydroxyl groups excluding tert-OH is 1. The fraction of sp³-hybridized carbons (Fsp3) is 0.100. The minimum atomic E-state index is -0.474. The maximum absolute atomic E-state index is 13.6. The Labute approximate surface area is 95.0 Å². The van der Waals surface area contributed by atoms with Crippen molar-refractivity contribution >= 4 is 22.9 Å². The van der Waals surface area contributed by atoms with Crippen molar-refractivity contribution in [2.24, 2.45) is 0 Å². The van der Waals surface area contributed by atoms with Gasteiger partial charge in [-0.05, 0) is 12.1 Å². The molecular formula is C10H7ClFNOS. The van der Waals surface area contributed by atoms with Crippen LogP contribution in [0.3, 0.4) is 0 Å². The van der Waals surface area contributed by atoms with E-state index in [1.54, 1.807) is 17.5 Å². The first-order chi connectivity index (χ1) is 7.22. The van der Waals surface area contributed by atoms with Crippen LogP contribution in [0.1, 0.15) is 5.69 Å². The Morgan fingerprint density at radius 2 is 2.27 bits per heavy atom. The molecule has 1 aromatic carbocycles. The minimum Gasteiger partial charge on any atom is -0.390 e. The van der Waals surface area contributed by atoms with E-state index in [1.807, 2.05) is 0 Å². The van der Waals surface area contributed by atoms with Gasteiger partial charge in [0.05, 0.1) is 17.3 Å². The summed E-state index contributed by atoms with van der Waals surface area (Å²) in [5.74, 6) is -0.474. The van der Waals surface area contributed by atoms with Gasteiger partial charge in [0.1, 0.15) is 5.01 Å². The largest absolute Gasteiger partial charge is 0.390 e. The highest BCUT2D eigenvalue weighted by Gasteiger charge is 2.11. The van der Waals surface area contributed by atoms with Crippen LogP contribution in [0.4, 0.5) is 4.39 Å². The molecule has 0 saturated heterocycles. The number of rotatable bonds is 2. The van der Waals surface area contributed by atoms with Crippen LogP contribution in [0.25, 0.3) is 10.6 Å². The highest BCUT2D eigenvalue weighted by atomic mass is 35.5. The van der Waals surface area contributed by atoms with Gasteiger partial charge in [0.15, 0.2) is 5.82 Å². The van der Waals surface area contributed by atoms with E-state index in [0.29, 0.717) is 16.3 Å². The lowest BCUT2D eigenvalue weighted by Crippen LogP contribution is -1.86. The molecule has 0 unspecified atom stereocenters. The van der Waals surface area contributed by atoms with Crippen molar-refractivity contribution in [1.82, 2.24) is 4.98 Å². The molecule has 0 atom stereocenters. The highest BCUT2D eigenvalue weighted by Crippen LogP contribution is 2.29. The second-order valence-corrected chi connectivity index (χ2v) is 4.17. The lowest BCUT2D eigenvalue weighted by atomic mass is 10.2. The normalized spacial score (nSPS) is 10.6. The van der Waals surface area contributed by atoms with Crippen molar-refractivity contribution in [2.45, 2.75) is 6.61 Å². The summed E-state index contributed by atoms with van der Waals surface area (Å²) >= 11 is 6.94. The lowest BCUT2D eigenvalue weighted by molar-refractivity contribution is 0.278. The molecule has 2 aromatic rings. The van der Waals surface area contributed by atoms with Crippen molar-refractivity contribution in [3.8, 4) is 10.6 Å². The van der Waals surface area contributed by atoms with E-state index in [4.69, 9.17) is 16.7 Å². The van der Waals surface area contributed by atoms with Crippen LogP contribution in [0.2, 0.25) is 5.02 Å². The SMILES string of the molecule is OCc1csc(-c2cccc(Cl)c2F)n1. The van der Waals surface area contributed by atoms with Gasteiger partial charge in [-0.15, -0.1) is 11.3 Å². The monoisotopic (exact) mass is 243 g/mol. The van der Waals surface area contributed by atoms with E-state index < -0.39 is 5.82 Å². The maximum Gasteiger partial charge on any atom is 0.152 e. The molecule has 0 spiro atoms. The molecule has 1 heterocycles. The first kappa shape index (κ1) is 10.5. The quantitative estimate of drug-likeness (QED) is 0.879. The molecule has 78 valence electrons. The van der Waals surface area contributed by atoms with Gasteiger partial charge in [0, 0.05) is 10.9 Å². The molecule has 0 amide bonds. The van der Waals surface area contributed by atoms with Crippen LogP contribution in [0.15, 0.2) is 23.6 Å². The fourth-order valence-electron chi connectivity index (χ4n) is 1.17. The lowest BCUT2D eigenvalue weighted by Gasteiger charge is -1.99. The van der Waals surface area contributed by atoms with Gasteiger partial charge in [-0.1, -0.05) is 17.7 Å². The molecule has 0 aliphatic carbocycles. The third-order valence-corrected chi connectivity index (χ3v) is 3.11. The molecule has 0 aliphatic heterocycles. The van der Waals surface area contributed by atoms with E-state index in [2.05, 4.69) is 4.98 Å². The van der Waals surface area contributed by atoms with Crippen molar-refractivity contribution in [3.63, 3.8) is 0 Å². The maximum atomic E-state index is 13.6. The predicted octanol–water partition coefficient (Wildman–Crippen LogP) is 3.09. The minimum absolute atomic E-state index is 0.0771. The van der Waals surface area contributed by atoms with Gasteiger partial charge >= 0.3 is 0 Å². The zero-order chi connectivity index (χ0) is 10.8.